The Kier molecular flexibility index (Phi) is 6.13. The highest BCUT2D eigenvalue weighted by Crippen LogP contribution is 2.29. The molecule has 0 amide bonds. The molecule has 1 aliphatic carbocycles. The largest absolute Gasteiger partial charge is 0.514 e. The van der Waals surface area contributed by atoms with E-state index in [-0.39, 0.29) is 0 Å². The molecule has 0 radical (unpaired) electrons. The Labute approximate surface area is 197 Å². The molecule has 0 bridgehead atoms. The molecule has 1 aliphatic rings. The second-order valence-corrected chi connectivity index (χ2v) is 7.69. The molecule has 4 aromatic rings. The molecule has 0 saturated heterocycles. The normalized spacial score (nSPS) is 14.1. The first-order valence-electron chi connectivity index (χ1n) is 10.9. The molecule has 0 saturated carbocycles. The molecular formula is C29H20N2O3. The number of hydrogen-bond acceptors (Lipinski definition) is 5. The molecular weight excluding hydrogens is 424 g/mol. The molecule has 1 atom stereocenters. The number of ether oxygens (including phenoxy) is 2. The minimum Gasteiger partial charge on any atom is -0.425 e. The summed E-state index contributed by atoms with van der Waals surface area (Å²) in [6, 6.07) is 31.8. The number of fused-ring (bicyclic) bond motifs is 2. The van der Waals surface area contributed by atoms with Crippen LogP contribution in [-0.4, -0.2) is 6.16 Å². The summed E-state index contributed by atoms with van der Waals surface area (Å²) >= 11 is 0. The van der Waals surface area contributed by atoms with Gasteiger partial charge in [-0.25, -0.2) is 4.79 Å². The third-order valence-corrected chi connectivity index (χ3v) is 5.38. The summed E-state index contributed by atoms with van der Waals surface area (Å²) in [6.45, 7) is 0. The molecule has 1 unspecified atom stereocenters. The lowest BCUT2D eigenvalue weighted by molar-refractivity contribution is 0.0577. The zero-order chi connectivity index (χ0) is 23.2. The first kappa shape index (κ1) is 21.2. The van der Waals surface area contributed by atoms with Gasteiger partial charge in [-0.3, -0.25) is 0 Å². The Morgan fingerprint density at radius 2 is 1.32 bits per heavy atom. The summed E-state index contributed by atoms with van der Waals surface area (Å²) in [7, 11) is 0. The van der Waals surface area contributed by atoms with Gasteiger partial charge in [0.15, 0.2) is 0 Å². The van der Waals surface area contributed by atoms with Gasteiger partial charge in [0.05, 0.1) is 11.4 Å². The van der Waals surface area contributed by atoms with Crippen LogP contribution in [0.2, 0.25) is 0 Å². The number of rotatable bonds is 4. The highest BCUT2D eigenvalue weighted by Gasteiger charge is 2.23. The van der Waals surface area contributed by atoms with E-state index in [4.69, 9.17) is 9.47 Å². The van der Waals surface area contributed by atoms with E-state index in [1.165, 1.54) is 0 Å². The third-order valence-electron chi connectivity index (χ3n) is 5.38. The van der Waals surface area contributed by atoms with E-state index >= 15 is 0 Å². The van der Waals surface area contributed by atoms with Gasteiger partial charge in [0.1, 0.15) is 11.9 Å². The molecule has 0 spiro atoms. The number of nitrogens with zero attached hydrogens (tertiary/aromatic N) is 2. The van der Waals surface area contributed by atoms with Gasteiger partial charge >= 0.3 is 6.16 Å². The van der Waals surface area contributed by atoms with Crippen LogP contribution in [0.4, 0.5) is 16.2 Å². The highest BCUT2D eigenvalue weighted by molar-refractivity contribution is 5.65. The van der Waals surface area contributed by atoms with Crippen LogP contribution < -0.4 is 4.74 Å². The average molecular weight is 444 g/mol. The number of azo groups is 1. The van der Waals surface area contributed by atoms with E-state index in [0.717, 1.165) is 27.9 Å². The maximum atomic E-state index is 12.7. The predicted octanol–water partition coefficient (Wildman–Crippen LogP) is 7.31. The lowest BCUT2D eigenvalue weighted by atomic mass is 9.92. The fraction of sp³-hybridized carbons (Fsp3) is 0.0690. The van der Waals surface area contributed by atoms with Crippen LogP contribution in [0, 0.1) is 11.8 Å². The summed E-state index contributed by atoms with van der Waals surface area (Å²) < 4.78 is 11.2. The molecule has 0 heterocycles. The van der Waals surface area contributed by atoms with Gasteiger partial charge in [-0.05, 0) is 54.1 Å². The van der Waals surface area contributed by atoms with E-state index in [9.17, 15) is 4.79 Å². The summed E-state index contributed by atoms with van der Waals surface area (Å²) in [5.74, 6) is 6.79. The lowest BCUT2D eigenvalue weighted by Crippen LogP contribution is -2.19. The van der Waals surface area contributed by atoms with Crippen molar-refractivity contribution >= 4 is 17.5 Å². The molecule has 4 aromatic carbocycles. The van der Waals surface area contributed by atoms with Crippen LogP contribution in [0.5, 0.6) is 5.75 Å². The smallest absolute Gasteiger partial charge is 0.425 e. The molecule has 0 fully saturated rings. The standard InChI is InChI=1S/C29H20N2O3/c32-29(33-26-18-16-25(17-19-26)31-30-24-11-2-1-3-12-24)34-28-20-23-10-5-4-8-21(23)14-15-22-9-6-7-13-27(22)28/h1-13,16-19,28H,20H2. The minimum atomic E-state index is -0.774. The number of benzene rings is 4. The second kappa shape index (κ2) is 9.85. The van der Waals surface area contributed by atoms with E-state index in [2.05, 4.69) is 22.1 Å². The predicted molar refractivity (Wildman–Crippen MR) is 129 cm³/mol. The molecule has 34 heavy (non-hydrogen) atoms. The van der Waals surface area contributed by atoms with Gasteiger partial charge in [0.25, 0.3) is 0 Å². The topological polar surface area (TPSA) is 60.2 Å². The van der Waals surface area contributed by atoms with Crippen LogP contribution in [0.15, 0.2) is 113 Å². The maximum absolute atomic E-state index is 12.7. The van der Waals surface area contributed by atoms with Crippen LogP contribution >= 0.6 is 0 Å². The molecule has 5 rings (SSSR count). The summed E-state index contributed by atoms with van der Waals surface area (Å²) in [5, 5.41) is 8.38. The Morgan fingerprint density at radius 1 is 0.706 bits per heavy atom. The van der Waals surface area contributed by atoms with E-state index in [0.29, 0.717) is 17.9 Å². The van der Waals surface area contributed by atoms with E-state index < -0.39 is 12.3 Å². The zero-order valence-corrected chi connectivity index (χ0v) is 18.2. The fourth-order valence-corrected chi connectivity index (χ4v) is 3.69. The van der Waals surface area contributed by atoms with Crippen molar-refractivity contribution < 1.29 is 14.3 Å². The van der Waals surface area contributed by atoms with Gasteiger partial charge < -0.3 is 9.47 Å². The number of hydrogen-bond donors (Lipinski definition) is 0. The summed E-state index contributed by atoms with van der Waals surface area (Å²) in [5.41, 5.74) is 5.06. The fourth-order valence-electron chi connectivity index (χ4n) is 3.69. The number of carbonyl (C=O) groups excluding carboxylic acids is 1. The van der Waals surface area contributed by atoms with Crippen molar-refractivity contribution in [1.29, 1.82) is 0 Å². The van der Waals surface area contributed by atoms with Crippen molar-refractivity contribution in [2.75, 3.05) is 0 Å². The third kappa shape index (κ3) is 5.03. The van der Waals surface area contributed by atoms with Crippen LogP contribution in [0.3, 0.4) is 0 Å². The van der Waals surface area contributed by atoms with Crippen LogP contribution in [-0.2, 0) is 11.2 Å². The minimum absolute atomic E-state index is 0.364. The molecule has 0 aliphatic heterocycles. The molecule has 5 nitrogen and oxygen atoms in total. The van der Waals surface area contributed by atoms with Crippen molar-refractivity contribution in [3.63, 3.8) is 0 Å². The SMILES string of the molecule is O=C(Oc1ccc(N=Nc2ccccc2)cc1)OC1Cc2ccccc2C#Cc2ccccc21. The zero-order valence-electron chi connectivity index (χ0n) is 18.2. The monoisotopic (exact) mass is 444 g/mol. The molecule has 0 N–H and O–H groups in total. The molecule has 0 aromatic heterocycles. The Hall–Kier alpha value is -4.69. The van der Waals surface area contributed by atoms with Crippen LogP contribution in [0.1, 0.15) is 28.4 Å². The van der Waals surface area contributed by atoms with Crippen molar-refractivity contribution in [3.8, 4) is 17.6 Å². The van der Waals surface area contributed by atoms with Crippen molar-refractivity contribution in [2.24, 2.45) is 10.2 Å². The molecule has 5 heteroatoms. The first-order valence-corrected chi connectivity index (χ1v) is 10.9. The Morgan fingerprint density at radius 3 is 2.12 bits per heavy atom. The van der Waals surface area contributed by atoms with Crippen molar-refractivity contribution in [1.82, 2.24) is 0 Å². The van der Waals surface area contributed by atoms with Gasteiger partial charge in [-0.1, -0.05) is 66.4 Å². The van der Waals surface area contributed by atoms with Crippen molar-refractivity contribution in [3.05, 3.63) is 125 Å². The highest BCUT2D eigenvalue weighted by atomic mass is 16.7. The van der Waals surface area contributed by atoms with E-state index in [1.807, 2.05) is 78.9 Å². The number of carbonyl (C=O) groups is 1. The summed E-state index contributed by atoms with van der Waals surface area (Å²) in [6.07, 6.45) is -0.779. The first-order chi connectivity index (χ1) is 16.7. The molecule has 164 valence electrons. The maximum Gasteiger partial charge on any atom is 0.514 e. The van der Waals surface area contributed by atoms with Crippen molar-refractivity contribution in [2.45, 2.75) is 12.5 Å². The van der Waals surface area contributed by atoms with Crippen LogP contribution in [0.25, 0.3) is 0 Å². The lowest BCUT2D eigenvalue weighted by Gasteiger charge is -2.21. The Balaban J connectivity index is 1.30. The summed E-state index contributed by atoms with van der Waals surface area (Å²) in [4.78, 5) is 12.7. The average Bonchev–Trinajstić information content (AvgIpc) is 2.87. The van der Waals surface area contributed by atoms with Gasteiger partial charge in [0.2, 0.25) is 0 Å². The Bertz CT molecular complexity index is 1400. The van der Waals surface area contributed by atoms with Gasteiger partial charge in [0, 0.05) is 23.1 Å². The second-order valence-electron chi connectivity index (χ2n) is 7.69. The van der Waals surface area contributed by atoms with E-state index in [1.54, 1.807) is 24.3 Å². The van der Waals surface area contributed by atoms with Gasteiger partial charge in [-0.2, -0.15) is 10.2 Å². The quantitative estimate of drug-likeness (QED) is 0.143. The van der Waals surface area contributed by atoms with Gasteiger partial charge in [-0.15, -0.1) is 0 Å².